The second-order valence-electron chi connectivity index (χ2n) is 6.98. The van der Waals surface area contributed by atoms with Crippen LogP contribution in [-0.2, 0) is 18.1 Å². The van der Waals surface area contributed by atoms with Crippen molar-refractivity contribution in [3.05, 3.63) is 101 Å². The highest BCUT2D eigenvalue weighted by atomic mass is 16.6. The van der Waals surface area contributed by atoms with Crippen molar-refractivity contribution in [1.29, 1.82) is 0 Å². The molecule has 5 aromatic rings. The molecule has 2 aromatic heterocycles. The molecule has 8 heteroatoms. The summed E-state index contributed by atoms with van der Waals surface area (Å²) in [7, 11) is 0. The van der Waals surface area contributed by atoms with Gasteiger partial charge in [-0.2, -0.15) is 4.68 Å². The smallest absolute Gasteiger partial charge is 0.376 e. The first-order chi connectivity index (χ1) is 15.7. The van der Waals surface area contributed by atoms with Crippen LogP contribution in [0.15, 0.2) is 88.1 Å². The number of fused-ring (bicyclic) bond motifs is 2. The maximum Gasteiger partial charge on any atom is 0.376 e. The van der Waals surface area contributed by atoms with Gasteiger partial charge in [0, 0.05) is 5.39 Å². The SMILES string of the molecule is O=C(OCn1nnc2ccccc2c1=O)c1oc2ccccc2c1COc1ccccc1. The molecule has 0 radical (unpaired) electrons. The molecule has 0 amide bonds. The molecule has 0 aliphatic carbocycles. The Hall–Kier alpha value is -4.46. The van der Waals surface area contributed by atoms with E-state index in [0.717, 1.165) is 10.1 Å². The number of hydrogen-bond donors (Lipinski definition) is 0. The number of furan rings is 1. The number of ether oxygens (including phenoxy) is 2. The standard InChI is InChI=1S/C24H17N3O5/c28-23-18-11-4-6-12-20(18)25-26-27(23)15-31-24(29)22-19(14-30-16-8-2-1-3-9-16)17-10-5-7-13-21(17)32-22/h1-13H,14-15H2. The summed E-state index contributed by atoms with van der Waals surface area (Å²) in [6.07, 6.45) is 0. The van der Waals surface area contributed by atoms with E-state index in [1.807, 2.05) is 48.5 Å². The van der Waals surface area contributed by atoms with Crippen LogP contribution in [0.1, 0.15) is 16.1 Å². The second-order valence-corrected chi connectivity index (χ2v) is 6.98. The van der Waals surface area contributed by atoms with Gasteiger partial charge in [-0.3, -0.25) is 4.79 Å². The van der Waals surface area contributed by atoms with Crippen LogP contribution in [-0.4, -0.2) is 21.0 Å². The van der Waals surface area contributed by atoms with Crippen LogP contribution >= 0.6 is 0 Å². The molecular weight excluding hydrogens is 410 g/mol. The van der Waals surface area contributed by atoms with Gasteiger partial charge in [0.15, 0.2) is 6.73 Å². The zero-order valence-electron chi connectivity index (χ0n) is 16.8. The highest BCUT2D eigenvalue weighted by Crippen LogP contribution is 2.28. The van der Waals surface area contributed by atoms with Crippen LogP contribution in [0.25, 0.3) is 21.9 Å². The molecule has 8 nitrogen and oxygen atoms in total. The number of benzene rings is 3. The van der Waals surface area contributed by atoms with Gasteiger partial charge in [-0.15, -0.1) is 5.10 Å². The first kappa shape index (κ1) is 19.5. The molecule has 5 rings (SSSR count). The summed E-state index contributed by atoms with van der Waals surface area (Å²) < 4.78 is 17.9. The number of esters is 1. The van der Waals surface area contributed by atoms with Crippen LogP contribution < -0.4 is 10.3 Å². The van der Waals surface area contributed by atoms with Gasteiger partial charge in [-0.05, 0) is 30.3 Å². The fourth-order valence-corrected chi connectivity index (χ4v) is 3.37. The van der Waals surface area contributed by atoms with Gasteiger partial charge in [-0.1, -0.05) is 53.7 Å². The van der Waals surface area contributed by atoms with E-state index in [9.17, 15) is 9.59 Å². The van der Waals surface area contributed by atoms with E-state index in [4.69, 9.17) is 13.9 Å². The van der Waals surface area contributed by atoms with Crippen molar-refractivity contribution in [2.45, 2.75) is 13.3 Å². The Morgan fingerprint density at radius 1 is 0.906 bits per heavy atom. The molecular formula is C24H17N3O5. The monoisotopic (exact) mass is 427 g/mol. The molecule has 0 unspecified atom stereocenters. The van der Waals surface area contributed by atoms with Crippen molar-refractivity contribution >= 4 is 27.8 Å². The topological polar surface area (TPSA) is 96.5 Å². The summed E-state index contributed by atoms with van der Waals surface area (Å²) in [5, 5.41) is 8.96. The van der Waals surface area contributed by atoms with Crippen LogP contribution in [0.2, 0.25) is 0 Å². The molecule has 158 valence electrons. The third kappa shape index (κ3) is 3.69. The van der Waals surface area contributed by atoms with E-state index in [2.05, 4.69) is 10.3 Å². The van der Waals surface area contributed by atoms with Crippen LogP contribution in [0.5, 0.6) is 5.75 Å². The Morgan fingerprint density at radius 3 is 2.47 bits per heavy atom. The van der Waals surface area contributed by atoms with Crippen molar-refractivity contribution in [2.75, 3.05) is 0 Å². The van der Waals surface area contributed by atoms with Gasteiger partial charge in [-0.25, -0.2) is 4.79 Å². The quantitative estimate of drug-likeness (QED) is 0.379. The number of nitrogens with zero attached hydrogens (tertiary/aromatic N) is 3. The van der Waals surface area contributed by atoms with E-state index < -0.39 is 18.3 Å². The minimum atomic E-state index is -0.727. The van der Waals surface area contributed by atoms with Crippen molar-refractivity contribution in [1.82, 2.24) is 15.0 Å². The second kappa shape index (κ2) is 8.35. The van der Waals surface area contributed by atoms with E-state index >= 15 is 0 Å². The molecule has 0 aliphatic heterocycles. The Morgan fingerprint density at radius 2 is 1.62 bits per heavy atom. The van der Waals surface area contributed by atoms with Gasteiger partial charge in [0.25, 0.3) is 5.56 Å². The molecule has 0 aliphatic rings. The van der Waals surface area contributed by atoms with Gasteiger partial charge < -0.3 is 13.9 Å². The highest BCUT2D eigenvalue weighted by Gasteiger charge is 2.23. The number of para-hydroxylation sites is 2. The zero-order valence-corrected chi connectivity index (χ0v) is 16.8. The Balaban J connectivity index is 1.41. The number of rotatable bonds is 6. The average molecular weight is 427 g/mol. The van der Waals surface area contributed by atoms with Gasteiger partial charge in [0.2, 0.25) is 5.76 Å². The van der Waals surface area contributed by atoms with E-state index in [1.165, 1.54) is 0 Å². The molecule has 0 atom stereocenters. The van der Waals surface area contributed by atoms with Gasteiger partial charge >= 0.3 is 5.97 Å². The lowest BCUT2D eigenvalue weighted by Gasteiger charge is -2.08. The highest BCUT2D eigenvalue weighted by molar-refractivity contribution is 5.96. The summed E-state index contributed by atoms with van der Waals surface area (Å²) in [4.78, 5) is 25.4. The van der Waals surface area contributed by atoms with Crippen LogP contribution in [0.4, 0.5) is 0 Å². The number of aromatic nitrogens is 3. The van der Waals surface area contributed by atoms with E-state index in [1.54, 1.807) is 30.3 Å². The summed E-state index contributed by atoms with van der Waals surface area (Å²) >= 11 is 0. The summed E-state index contributed by atoms with van der Waals surface area (Å²) in [5.41, 5.74) is 1.17. The molecule has 32 heavy (non-hydrogen) atoms. The third-order valence-corrected chi connectivity index (χ3v) is 4.96. The van der Waals surface area contributed by atoms with Crippen molar-refractivity contribution in [3.8, 4) is 5.75 Å². The lowest BCUT2D eigenvalue weighted by molar-refractivity contribution is 0.0299. The molecule has 2 heterocycles. The van der Waals surface area contributed by atoms with Crippen LogP contribution in [0, 0.1) is 0 Å². The first-order valence-corrected chi connectivity index (χ1v) is 9.88. The fourth-order valence-electron chi connectivity index (χ4n) is 3.37. The fraction of sp³-hybridized carbons (Fsp3) is 0.0833. The Kier molecular flexibility index (Phi) is 5.09. The molecule has 0 saturated heterocycles. The number of hydrogen-bond acceptors (Lipinski definition) is 7. The molecule has 0 fully saturated rings. The lowest BCUT2D eigenvalue weighted by Crippen LogP contribution is -2.26. The van der Waals surface area contributed by atoms with Gasteiger partial charge in [0.1, 0.15) is 23.5 Å². The molecule has 0 spiro atoms. The Bertz CT molecular complexity index is 1470. The largest absolute Gasteiger partial charge is 0.489 e. The molecule has 3 aromatic carbocycles. The predicted octanol–water partition coefficient (Wildman–Crippen LogP) is 3.93. The summed E-state index contributed by atoms with van der Waals surface area (Å²) in [6.45, 7) is -0.285. The molecule has 0 saturated carbocycles. The first-order valence-electron chi connectivity index (χ1n) is 9.88. The van der Waals surface area contributed by atoms with Crippen molar-refractivity contribution < 1.29 is 18.7 Å². The van der Waals surface area contributed by atoms with Crippen LogP contribution in [0.3, 0.4) is 0 Å². The summed E-state index contributed by atoms with van der Waals surface area (Å²) in [6, 6.07) is 23.4. The number of carbonyl (C=O) groups excluding carboxylic acids is 1. The van der Waals surface area contributed by atoms with Crippen molar-refractivity contribution in [3.63, 3.8) is 0 Å². The Labute approximate surface area is 181 Å². The van der Waals surface area contributed by atoms with Gasteiger partial charge in [0.05, 0.1) is 10.9 Å². The minimum absolute atomic E-state index is 0.0175. The minimum Gasteiger partial charge on any atom is -0.489 e. The lowest BCUT2D eigenvalue weighted by atomic mass is 10.1. The molecule has 0 N–H and O–H groups in total. The maximum absolute atomic E-state index is 12.9. The normalized spacial score (nSPS) is 11.0. The zero-order chi connectivity index (χ0) is 21.9. The average Bonchev–Trinajstić information content (AvgIpc) is 3.22. The molecule has 0 bridgehead atoms. The number of carbonyl (C=O) groups is 1. The van der Waals surface area contributed by atoms with E-state index in [-0.39, 0.29) is 12.4 Å². The predicted molar refractivity (Wildman–Crippen MR) is 116 cm³/mol. The third-order valence-electron chi connectivity index (χ3n) is 4.96. The maximum atomic E-state index is 12.9. The summed E-state index contributed by atoms with van der Waals surface area (Å²) in [5.74, 6) is -0.0475. The van der Waals surface area contributed by atoms with E-state index in [0.29, 0.717) is 27.8 Å². The van der Waals surface area contributed by atoms with Crippen molar-refractivity contribution in [2.24, 2.45) is 0 Å².